The van der Waals surface area contributed by atoms with E-state index in [0.29, 0.717) is 10.7 Å². The molecule has 0 saturated heterocycles. The van der Waals surface area contributed by atoms with Crippen LogP contribution >= 0.6 is 11.6 Å². The Hall–Kier alpha value is -3.36. The quantitative estimate of drug-likeness (QED) is 0.314. The molecule has 1 N–H and O–H groups in total. The lowest BCUT2D eigenvalue weighted by atomic mass is 10.0. The summed E-state index contributed by atoms with van der Waals surface area (Å²) in [6.07, 6.45) is 2.07. The third kappa shape index (κ3) is 8.57. The van der Waals surface area contributed by atoms with E-state index in [1.165, 1.54) is 4.90 Å². The van der Waals surface area contributed by atoms with E-state index >= 15 is 0 Å². The Morgan fingerprint density at radius 3 is 2.25 bits per heavy atom. The molecule has 0 heterocycles. The number of benzene rings is 3. The van der Waals surface area contributed by atoms with Gasteiger partial charge in [-0.2, -0.15) is 0 Å². The minimum absolute atomic E-state index is 0.0786. The molecule has 0 aliphatic carbocycles. The van der Waals surface area contributed by atoms with Crippen molar-refractivity contribution in [1.29, 1.82) is 0 Å². The normalized spacial score (nSPS) is 12.8. The topological polar surface area (TPSA) is 86.8 Å². The number of carbonyl (C=O) groups is 2. The minimum atomic E-state index is -3.83. The van der Waals surface area contributed by atoms with E-state index < -0.39 is 28.5 Å². The van der Waals surface area contributed by atoms with Crippen LogP contribution in [0.2, 0.25) is 5.02 Å². The average Bonchev–Trinajstić information content (AvgIpc) is 2.90. The lowest BCUT2D eigenvalue weighted by Crippen LogP contribution is -2.54. The first-order chi connectivity index (χ1) is 18.9. The van der Waals surface area contributed by atoms with Crippen LogP contribution in [0, 0.1) is 13.8 Å². The SMILES string of the molecule is CCC(C)NC(=O)C(Cc1ccccc1)N(Cc1cccc(Cl)c1)C(=O)CN(c1cc(C)ccc1C)S(C)(=O)=O. The Bertz CT molecular complexity index is 1430. The molecule has 3 aromatic carbocycles. The van der Waals surface area contributed by atoms with Crippen LogP contribution in [0.15, 0.2) is 72.8 Å². The van der Waals surface area contributed by atoms with Crippen molar-refractivity contribution in [3.05, 3.63) is 100 Å². The van der Waals surface area contributed by atoms with Crippen LogP contribution < -0.4 is 9.62 Å². The molecule has 7 nitrogen and oxygen atoms in total. The summed E-state index contributed by atoms with van der Waals surface area (Å²) in [5, 5.41) is 3.53. The van der Waals surface area contributed by atoms with E-state index in [0.717, 1.165) is 39.2 Å². The Kier molecular flexibility index (Phi) is 10.8. The highest BCUT2D eigenvalue weighted by Gasteiger charge is 2.33. The molecule has 0 aromatic heterocycles. The third-order valence-electron chi connectivity index (χ3n) is 6.83. The maximum Gasteiger partial charge on any atom is 0.244 e. The number of rotatable bonds is 12. The summed E-state index contributed by atoms with van der Waals surface area (Å²) in [5.41, 5.74) is 3.63. The van der Waals surface area contributed by atoms with E-state index in [1.54, 1.807) is 31.2 Å². The van der Waals surface area contributed by atoms with Gasteiger partial charge in [-0.15, -0.1) is 0 Å². The van der Waals surface area contributed by atoms with Crippen molar-refractivity contribution in [3.63, 3.8) is 0 Å². The Morgan fingerprint density at radius 1 is 0.950 bits per heavy atom. The summed E-state index contributed by atoms with van der Waals surface area (Å²) in [6.45, 7) is 7.18. The molecule has 3 aromatic rings. The fourth-order valence-corrected chi connectivity index (χ4v) is 5.52. The number of sulfonamides is 1. The zero-order valence-electron chi connectivity index (χ0n) is 23.7. The number of carbonyl (C=O) groups excluding carboxylic acids is 2. The van der Waals surface area contributed by atoms with Gasteiger partial charge in [-0.05, 0) is 67.6 Å². The molecular weight excluding hydrogens is 546 g/mol. The first kappa shape index (κ1) is 31.2. The molecule has 40 heavy (non-hydrogen) atoms. The zero-order valence-corrected chi connectivity index (χ0v) is 25.3. The molecule has 0 bridgehead atoms. The molecule has 2 amide bonds. The van der Waals surface area contributed by atoms with Crippen LogP contribution in [0.4, 0.5) is 5.69 Å². The molecular formula is C31H38ClN3O4S. The van der Waals surface area contributed by atoms with Crippen molar-refractivity contribution in [2.75, 3.05) is 17.1 Å². The van der Waals surface area contributed by atoms with Crippen molar-refractivity contribution >= 4 is 39.1 Å². The van der Waals surface area contributed by atoms with Gasteiger partial charge in [0.1, 0.15) is 12.6 Å². The fraction of sp³-hybridized carbons (Fsp3) is 0.355. The van der Waals surface area contributed by atoms with Crippen molar-refractivity contribution < 1.29 is 18.0 Å². The lowest BCUT2D eigenvalue weighted by molar-refractivity contribution is -0.140. The van der Waals surface area contributed by atoms with Gasteiger partial charge in [0.05, 0.1) is 11.9 Å². The summed E-state index contributed by atoms with van der Waals surface area (Å²) in [6, 6.07) is 21.0. The second-order valence-electron chi connectivity index (χ2n) is 10.2. The molecule has 2 unspecified atom stereocenters. The number of nitrogens with one attached hydrogen (secondary N) is 1. The van der Waals surface area contributed by atoms with Crippen LogP contribution in [0.5, 0.6) is 0 Å². The maximum absolute atomic E-state index is 14.2. The van der Waals surface area contributed by atoms with Gasteiger partial charge in [-0.1, -0.05) is 73.1 Å². The summed E-state index contributed by atoms with van der Waals surface area (Å²) in [5.74, 6) is -0.794. The van der Waals surface area contributed by atoms with E-state index in [-0.39, 0.29) is 24.9 Å². The molecule has 0 spiro atoms. The maximum atomic E-state index is 14.2. The molecule has 0 radical (unpaired) electrons. The van der Waals surface area contributed by atoms with Gasteiger partial charge < -0.3 is 10.2 Å². The summed E-state index contributed by atoms with van der Waals surface area (Å²) < 4.78 is 27.1. The molecule has 2 atom stereocenters. The van der Waals surface area contributed by atoms with Crippen LogP contribution in [0.1, 0.15) is 42.5 Å². The molecule has 0 aliphatic heterocycles. The summed E-state index contributed by atoms with van der Waals surface area (Å²) in [4.78, 5) is 29.3. The zero-order chi connectivity index (χ0) is 29.4. The highest BCUT2D eigenvalue weighted by molar-refractivity contribution is 7.92. The molecule has 0 saturated carbocycles. The molecule has 0 aliphatic rings. The van der Waals surface area contributed by atoms with Crippen LogP contribution in [0.25, 0.3) is 0 Å². The summed E-state index contributed by atoms with van der Waals surface area (Å²) >= 11 is 6.25. The van der Waals surface area contributed by atoms with E-state index in [2.05, 4.69) is 5.32 Å². The monoisotopic (exact) mass is 583 g/mol. The number of aryl methyl sites for hydroxylation is 2. The molecule has 9 heteroatoms. The number of hydrogen-bond acceptors (Lipinski definition) is 4. The highest BCUT2D eigenvalue weighted by Crippen LogP contribution is 2.25. The van der Waals surface area contributed by atoms with Crippen molar-refractivity contribution in [2.45, 2.75) is 59.2 Å². The standard InChI is InChI=1S/C31H38ClN3O4S/c1-6-24(4)33-31(37)29(19-25-11-8-7-9-12-25)34(20-26-13-10-14-27(32)18-26)30(36)21-35(40(5,38)39)28-17-22(2)15-16-23(28)3/h7-18,24,29H,6,19-21H2,1-5H3,(H,33,37). The number of halogens is 1. The van der Waals surface area contributed by atoms with Gasteiger partial charge in [0.25, 0.3) is 0 Å². The number of hydrogen-bond donors (Lipinski definition) is 1. The Labute approximate surface area is 243 Å². The Balaban J connectivity index is 2.09. The van der Waals surface area contributed by atoms with E-state index in [1.807, 2.05) is 69.3 Å². The van der Waals surface area contributed by atoms with Gasteiger partial charge in [0, 0.05) is 24.0 Å². The van der Waals surface area contributed by atoms with Crippen molar-refractivity contribution in [3.8, 4) is 0 Å². The van der Waals surface area contributed by atoms with Crippen LogP contribution in [-0.4, -0.2) is 50.0 Å². The smallest absolute Gasteiger partial charge is 0.244 e. The van der Waals surface area contributed by atoms with Crippen LogP contribution in [-0.2, 0) is 32.6 Å². The molecule has 214 valence electrons. The number of amides is 2. The molecule has 0 fully saturated rings. The predicted molar refractivity (Wildman–Crippen MR) is 162 cm³/mol. The minimum Gasteiger partial charge on any atom is -0.352 e. The van der Waals surface area contributed by atoms with E-state index in [9.17, 15) is 18.0 Å². The highest BCUT2D eigenvalue weighted by atomic mass is 35.5. The first-order valence-corrected chi connectivity index (χ1v) is 15.5. The van der Waals surface area contributed by atoms with Gasteiger partial charge in [-0.25, -0.2) is 8.42 Å². The van der Waals surface area contributed by atoms with Gasteiger partial charge in [0.15, 0.2) is 0 Å². The second kappa shape index (κ2) is 13.8. The van der Waals surface area contributed by atoms with Crippen molar-refractivity contribution in [2.24, 2.45) is 0 Å². The average molecular weight is 584 g/mol. The fourth-order valence-electron chi connectivity index (χ4n) is 4.41. The van der Waals surface area contributed by atoms with Gasteiger partial charge in [0.2, 0.25) is 21.8 Å². The second-order valence-corrected chi connectivity index (χ2v) is 12.6. The van der Waals surface area contributed by atoms with Gasteiger partial charge >= 0.3 is 0 Å². The largest absolute Gasteiger partial charge is 0.352 e. The Morgan fingerprint density at radius 2 is 1.62 bits per heavy atom. The first-order valence-electron chi connectivity index (χ1n) is 13.3. The molecule has 3 rings (SSSR count). The van der Waals surface area contributed by atoms with Gasteiger partial charge in [-0.3, -0.25) is 13.9 Å². The third-order valence-corrected chi connectivity index (χ3v) is 8.19. The van der Waals surface area contributed by atoms with Crippen molar-refractivity contribution in [1.82, 2.24) is 10.2 Å². The summed E-state index contributed by atoms with van der Waals surface area (Å²) in [7, 11) is -3.83. The number of nitrogens with zero attached hydrogens (tertiary/aromatic N) is 2. The van der Waals surface area contributed by atoms with E-state index in [4.69, 9.17) is 11.6 Å². The predicted octanol–water partition coefficient (Wildman–Crippen LogP) is 5.28. The number of anilines is 1. The lowest BCUT2D eigenvalue weighted by Gasteiger charge is -2.34. The van der Waals surface area contributed by atoms with Crippen LogP contribution in [0.3, 0.4) is 0 Å².